The fraction of sp³-hybridized carbons (Fsp3) is 0.577. The number of likely N-dealkylation sites (N-methyl/N-ethyl adjacent to an activating group) is 2. The Morgan fingerprint density at radius 2 is 0.985 bits per heavy atom. The molecule has 16 nitrogen and oxygen atoms in total. The van der Waals surface area contributed by atoms with Crippen molar-refractivity contribution < 1.29 is 38.2 Å². The Bertz CT molecular complexity index is 2120. The van der Waals surface area contributed by atoms with E-state index in [9.17, 15) is 28.8 Å². The molecule has 0 unspecified atom stereocenters. The Balaban J connectivity index is 1.03. The zero-order chi connectivity index (χ0) is 49.1. The summed E-state index contributed by atoms with van der Waals surface area (Å²) >= 11 is 0. The number of amides is 6. The van der Waals surface area contributed by atoms with Crippen molar-refractivity contribution in [1.29, 1.82) is 0 Å². The predicted octanol–water partition coefficient (Wildman–Crippen LogP) is 2.07. The second-order valence-corrected chi connectivity index (χ2v) is 18.9. The number of carbonyl (C=O) groups excluding carboxylic acids is 6. The number of hydrogen-bond donors (Lipinski definition) is 6. The maximum Gasteiger partial charge on any atom is 0.246 e. The first-order valence-corrected chi connectivity index (χ1v) is 24.2. The van der Waals surface area contributed by atoms with Crippen LogP contribution in [0.5, 0.6) is 0 Å². The van der Waals surface area contributed by atoms with Gasteiger partial charge in [0.25, 0.3) is 0 Å². The van der Waals surface area contributed by atoms with E-state index in [1.54, 1.807) is 37.7 Å². The molecule has 0 bridgehead atoms. The normalized spacial score (nSPS) is 23.3. The highest BCUT2D eigenvalue weighted by Crippen LogP contribution is 2.35. The topological polar surface area (TPSA) is 200 Å². The van der Waals surface area contributed by atoms with Crippen molar-refractivity contribution in [2.24, 2.45) is 11.8 Å². The van der Waals surface area contributed by atoms with E-state index in [-0.39, 0.29) is 60.5 Å². The summed E-state index contributed by atoms with van der Waals surface area (Å²) in [4.78, 5) is 84.3. The van der Waals surface area contributed by atoms with Crippen LogP contribution in [0.25, 0.3) is 0 Å². The number of rotatable bonds is 18. The molecular weight excluding hydrogens is 865 g/mol. The van der Waals surface area contributed by atoms with Crippen LogP contribution in [0.4, 0.5) is 0 Å². The highest BCUT2D eigenvalue weighted by atomic mass is 16.5. The number of carbonyl (C=O) groups is 6. The molecular formula is C52H70N8O8. The fourth-order valence-electron chi connectivity index (χ4n) is 9.53. The summed E-state index contributed by atoms with van der Waals surface area (Å²) in [7, 11) is 3.37. The van der Waals surface area contributed by atoms with E-state index in [0.717, 1.165) is 22.3 Å². The van der Waals surface area contributed by atoms with E-state index in [4.69, 9.17) is 9.47 Å². The third-order valence-electron chi connectivity index (χ3n) is 13.7. The zero-order valence-corrected chi connectivity index (χ0v) is 40.8. The molecule has 6 amide bonds. The van der Waals surface area contributed by atoms with Crippen molar-refractivity contribution in [3.63, 3.8) is 0 Å². The van der Waals surface area contributed by atoms with Gasteiger partial charge < -0.3 is 51.2 Å². The smallest absolute Gasteiger partial charge is 0.246 e. The van der Waals surface area contributed by atoms with Gasteiger partial charge in [-0.05, 0) is 99.6 Å². The summed E-state index contributed by atoms with van der Waals surface area (Å²) in [6.07, 6.45) is 2.73. The van der Waals surface area contributed by atoms with Crippen LogP contribution in [-0.2, 0) is 51.1 Å². The average molecular weight is 935 g/mol. The molecule has 0 spiro atoms. The first-order chi connectivity index (χ1) is 32.6. The highest BCUT2D eigenvalue weighted by molar-refractivity contribution is 5.95. The van der Waals surface area contributed by atoms with Crippen LogP contribution in [0.1, 0.15) is 102 Å². The Morgan fingerprint density at radius 1 is 0.603 bits per heavy atom. The van der Waals surface area contributed by atoms with Gasteiger partial charge in [-0.15, -0.1) is 0 Å². The highest BCUT2D eigenvalue weighted by Gasteiger charge is 2.44. The summed E-state index contributed by atoms with van der Waals surface area (Å²) in [6, 6.07) is 11.0. The molecule has 366 valence electrons. The van der Waals surface area contributed by atoms with Gasteiger partial charge >= 0.3 is 0 Å². The summed E-state index contributed by atoms with van der Waals surface area (Å²) in [6.45, 7) is 12.0. The van der Waals surface area contributed by atoms with Crippen LogP contribution in [-0.4, -0.2) is 134 Å². The standard InChI is InChI=1S/C52H70N8O8/c1-31(2)43(55-47(61)33(5)53-7)51(65)59-25-17-23-39(59)49(63)57-45-37-21-13-11-19-35(37)29-41(45)67-27-15-9-10-16-28-68-42-30-36-20-12-14-22-38(36)46(42)58-50(64)40-24-18-26-60(40)52(66)44(32(3)4)56-48(62)34(6)54-8/h11-14,19-22,31-34,39-46,53-54H,17-18,23-30H2,1-8H3,(H,55,61)(H,56,62)(H,57,63)(H,58,64)/t33-,34-,39-,40-,41+,42+,43-,44-,45-,46-/m0/s1. The van der Waals surface area contributed by atoms with Crippen molar-refractivity contribution in [3.05, 3.63) is 70.8 Å². The van der Waals surface area contributed by atoms with Crippen molar-refractivity contribution in [2.45, 2.75) is 141 Å². The molecule has 16 heteroatoms. The minimum atomic E-state index is -0.764. The largest absolute Gasteiger partial charge is 0.363 e. The van der Waals surface area contributed by atoms with Gasteiger partial charge in [-0.2, -0.15) is 0 Å². The molecule has 2 fully saturated rings. The molecule has 2 aromatic rings. The minimum Gasteiger partial charge on any atom is -0.363 e. The number of ether oxygens (including phenoxy) is 2. The van der Waals surface area contributed by atoms with Crippen LogP contribution in [0, 0.1) is 35.5 Å². The van der Waals surface area contributed by atoms with Crippen molar-refractivity contribution >= 4 is 35.4 Å². The number of nitrogens with zero attached hydrogens (tertiary/aromatic N) is 2. The Labute approximate surface area is 401 Å². The summed E-state index contributed by atoms with van der Waals surface area (Å²) < 4.78 is 12.5. The molecule has 2 aromatic carbocycles. The van der Waals surface area contributed by atoms with Gasteiger partial charge in [0, 0.05) is 25.9 Å². The van der Waals surface area contributed by atoms with E-state index in [1.165, 1.54) is 0 Å². The molecule has 0 aromatic heterocycles. The molecule has 6 N–H and O–H groups in total. The lowest BCUT2D eigenvalue weighted by Gasteiger charge is -2.32. The Kier molecular flexibility index (Phi) is 18.2. The van der Waals surface area contributed by atoms with Crippen LogP contribution >= 0.6 is 0 Å². The molecule has 2 aliphatic carbocycles. The van der Waals surface area contributed by atoms with Gasteiger partial charge in [0.1, 0.15) is 37.4 Å². The van der Waals surface area contributed by atoms with Gasteiger partial charge in [0.2, 0.25) is 35.4 Å². The predicted molar refractivity (Wildman–Crippen MR) is 257 cm³/mol. The van der Waals surface area contributed by atoms with Crippen LogP contribution in [0.15, 0.2) is 48.5 Å². The van der Waals surface area contributed by atoms with Crippen LogP contribution < -0.4 is 31.9 Å². The van der Waals surface area contributed by atoms with E-state index in [1.807, 2.05) is 76.2 Å². The molecule has 0 saturated carbocycles. The van der Waals surface area contributed by atoms with Gasteiger partial charge in [0.05, 0.1) is 36.4 Å². The lowest BCUT2D eigenvalue weighted by atomic mass is 10.0. The molecule has 68 heavy (non-hydrogen) atoms. The number of fused-ring (bicyclic) bond motifs is 2. The number of likely N-dealkylation sites (tertiary alicyclic amines) is 2. The number of nitrogens with one attached hydrogen (secondary N) is 6. The SMILES string of the molecule is CN[C@@H](C)C(=O)N[C@H](C(=O)N1CCC[C@H]1C(=O)N[C@H]1c2ccccc2C[C@H]1OCC#CC#CCO[C@@H]1Cc2ccccc2[C@@H]1NC(=O)[C@@H]1CCCN1C(=O)[C@@H](NC(=O)[C@H](C)NC)C(C)C)C(C)C. The monoisotopic (exact) mass is 935 g/mol. The Hall–Kier alpha value is -5.78. The molecule has 10 atom stereocenters. The van der Waals surface area contributed by atoms with E-state index < -0.39 is 60.5 Å². The summed E-state index contributed by atoms with van der Waals surface area (Å²) in [5.74, 6) is 9.68. The second kappa shape index (κ2) is 24.0. The third-order valence-corrected chi connectivity index (χ3v) is 13.7. The van der Waals surface area contributed by atoms with Crippen molar-refractivity contribution in [1.82, 2.24) is 41.7 Å². The Morgan fingerprint density at radius 3 is 1.35 bits per heavy atom. The van der Waals surface area contributed by atoms with Gasteiger partial charge in [-0.1, -0.05) is 88.1 Å². The quantitative estimate of drug-likeness (QED) is 0.120. The van der Waals surface area contributed by atoms with E-state index >= 15 is 0 Å². The first-order valence-electron chi connectivity index (χ1n) is 24.2. The number of benzene rings is 2. The van der Waals surface area contributed by atoms with Crippen molar-refractivity contribution in [2.75, 3.05) is 40.4 Å². The van der Waals surface area contributed by atoms with Gasteiger partial charge in [-0.25, -0.2) is 0 Å². The summed E-state index contributed by atoms with van der Waals surface area (Å²) in [5, 5.41) is 18.0. The second-order valence-electron chi connectivity index (χ2n) is 18.9. The molecule has 4 aliphatic rings. The van der Waals surface area contributed by atoms with Crippen LogP contribution in [0.3, 0.4) is 0 Å². The van der Waals surface area contributed by atoms with Gasteiger partial charge in [-0.3, -0.25) is 28.8 Å². The lowest BCUT2D eigenvalue weighted by Crippen LogP contribution is -2.57. The minimum absolute atomic E-state index is 0.0709. The fourth-order valence-corrected chi connectivity index (χ4v) is 9.53. The van der Waals surface area contributed by atoms with E-state index in [2.05, 4.69) is 55.6 Å². The van der Waals surface area contributed by atoms with Crippen LogP contribution in [0.2, 0.25) is 0 Å². The summed E-state index contributed by atoms with van der Waals surface area (Å²) in [5.41, 5.74) is 4.04. The zero-order valence-electron chi connectivity index (χ0n) is 40.8. The molecule has 2 heterocycles. The molecule has 6 rings (SSSR count). The first kappa shape index (κ1) is 51.6. The average Bonchev–Trinajstić information content (AvgIpc) is 4.16. The third kappa shape index (κ3) is 12.3. The van der Waals surface area contributed by atoms with Crippen molar-refractivity contribution in [3.8, 4) is 23.7 Å². The lowest BCUT2D eigenvalue weighted by molar-refractivity contribution is -0.143. The maximum absolute atomic E-state index is 14.0. The molecule has 2 aliphatic heterocycles. The van der Waals surface area contributed by atoms with Gasteiger partial charge in [0.15, 0.2) is 0 Å². The number of hydrogen-bond acceptors (Lipinski definition) is 10. The molecule has 2 saturated heterocycles. The molecule has 0 radical (unpaired) electrons. The van der Waals surface area contributed by atoms with E-state index in [0.29, 0.717) is 51.6 Å². The maximum atomic E-state index is 14.0.